The SMILES string of the molecule is Cc1ccc(NC(=O)C2(C)CCN(C)C2)cc1C. The molecule has 1 unspecified atom stereocenters. The van der Waals surface area contributed by atoms with Gasteiger partial charge in [0.15, 0.2) is 0 Å². The Morgan fingerprint density at radius 1 is 1.33 bits per heavy atom. The fourth-order valence-corrected chi connectivity index (χ4v) is 2.48. The van der Waals surface area contributed by atoms with E-state index in [0.29, 0.717) is 0 Å². The van der Waals surface area contributed by atoms with Crippen LogP contribution in [-0.4, -0.2) is 30.9 Å². The molecule has 1 atom stereocenters. The predicted octanol–water partition coefficient (Wildman–Crippen LogP) is 2.58. The van der Waals surface area contributed by atoms with E-state index in [0.717, 1.165) is 25.2 Å². The van der Waals surface area contributed by atoms with E-state index in [1.807, 2.05) is 25.1 Å². The molecule has 0 aliphatic carbocycles. The van der Waals surface area contributed by atoms with Gasteiger partial charge in [-0.1, -0.05) is 6.07 Å². The van der Waals surface area contributed by atoms with Crippen molar-refractivity contribution in [3.05, 3.63) is 29.3 Å². The summed E-state index contributed by atoms with van der Waals surface area (Å²) < 4.78 is 0. The highest BCUT2D eigenvalue weighted by Crippen LogP contribution is 2.30. The van der Waals surface area contributed by atoms with E-state index in [4.69, 9.17) is 0 Å². The Balaban J connectivity index is 2.09. The number of carbonyl (C=O) groups excluding carboxylic acids is 1. The molecule has 0 spiro atoms. The molecule has 0 radical (unpaired) electrons. The lowest BCUT2D eigenvalue weighted by atomic mass is 9.88. The maximum Gasteiger partial charge on any atom is 0.231 e. The average Bonchev–Trinajstić information content (AvgIpc) is 2.65. The van der Waals surface area contributed by atoms with E-state index in [1.54, 1.807) is 0 Å². The summed E-state index contributed by atoms with van der Waals surface area (Å²) in [6.07, 6.45) is 0.931. The molecule has 0 saturated carbocycles. The van der Waals surface area contributed by atoms with Crippen LogP contribution in [0.1, 0.15) is 24.5 Å². The number of likely N-dealkylation sites (tertiary alicyclic amines) is 1. The number of anilines is 1. The lowest BCUT2D eigenvalue weighted by Crippen LogP contribution is -2.35. The van der Waals surface area contributed by atoms with Crippen molar-refractivity contribution in [2.45, 2.75) is 27.2 Å². The van der Waals surface area contributed by atoms with Crippen LogP contribution in [0.15, 0.2) is 18.2 Å². The first-order valence-corrected chi connectivity index (χ1v) is 6.48. The maximum absolute atomic E-state index is 12.3. The molecule has 1 aliphatic heterocycles. The Bertz CT molecular complexity index is 470. The predicted molar refractivity (Wildman–Crippen MR) is 74.8 cm³/mol. The molecule has 1 fully saturated rings. The average molecular weight is 246 g/mol. The van der Waals surface area contributed by atoms with Crippen LogP contribution in [0.2, 0.25) is 0 Å². The van der Waals surface area contributed by atoms with Crippen LogP contribution in [0.5, 0.6) is 0 Å². The number of nitrogens with one attached hydrogen (secondary N) is 1. The summed E-state index contributed by atoms with van der Waals surface area (Å²) in [6, 6.07) is 6.06. The van der Waals surface area contributed by atoms with Crippen molar-refractivity contribution in [1.29, 1.82) is 0 Å². The molecule has 1 aliphatic rings. The van der Waals surface area contributed by atoms with Crippen molar-refractivity contribution in [2.75, 3.05) is 25.5 Å². The number of aryl methyl sites for hydroxylation is 2. The maximum atomic E-state index is 12.3. The fourth-order valence-electron chi connectivity index (χ4n) is 2.48. The first-order valence-electron chi connectivity index (χ1n) is 6.48. The van der Waals surface area contributed by atoms with Crippen LogP contribution in [0.4, 0.5) is 5.69 Å². The number of nitrogens with zero attached hydrogens (tertiary/aromatic N) is 1. The molecule has 1 aromatic carbocycles. The van der Waals surface area contributed by atoms with Crippen LogP contribution in [0, 0.1) is 19.3 Å². The van der Waals surface area contributed by atoms with E-state index in [2.05, 4.69) is 31.1 Å². The molecular formula is C15H22N2O. The zero-order valence-electron chi connectivity index (χ0n) is 11.7. The molecule has 1 heterocycles. The Hall–Kier alpha value is -1.35. The van der Waals surface area contributed by atoms with Gasteiger partial charge >= 0.3 is 0 Å². The van der Waals surface area contributed by atoms with Crippen molar-refractivity contribution in [3.63, 3.8) is 0 Å². The van der Waals surface area contributed by atoms with E-state index in [-0.39, 0.29) is 11.3 Å². The Kier molecular flexibility index (Phi) is 3.44. The molecule has 1 amide bonds. The van der Waals surface area contributed by atoms with E-state index in [9.17, 15) is 4.79 Å². The fraction of sp³-hybridized carbons (Fsp3) is 0.533. The molecule has 0 aromatic heterocycles. The van der Waals surface area contributed by atoms with Gasteiger partial charge in [0.25, 0.3) is 0 Å². The van der Waals surface area contributed by atoms with Gasteiger partial charge < -0.3 is 10.2 Å². The summed E-state index contributed by atoms with van der Waals surface area (Å²) in [6.45, 7) is 8.03. The van der Waals surface area contributed by atoms with Crippen LogP contribution in [0.25, 0.3) is 0 Å². The van der Waals surface area contributed by atoms with Gasteiger partial charge in [-0.15, -0.1) is 0 Å². The normalized spacial score (nSPS) is 24.2. The van der Waals surface area contributed by atoms with E-state index >= 15 is 0 Å². The van der Waals surface area contributed by atoms with Crippen LogP contribution < -0.4 is 5.32 Å². The third kappa shape index (κ3) is 2.56. The molecule has 3 heteroatoms. The van der Waals surface area contributed by atoms with Crippen molar-refractivity contribution in [2.24, 2.45) is 5.41 Å². The molecule has 98 valence electrons. The summed E-state index contributed by atoms with van der Waals surface area (Å²) in [5.41, 5.74) is 3.10. The van der Waals surface area contributed by atoms with Gasteiger partial charge in [-0.2, -0.15) is 0 Å². The quantitative estimate of drug-likeness (QED) is 0.870. The van der Waals surface area contributed by atoms with Crippen LogP contribution in [-0.2, 0) is 4.79 Å². The second kappa shape index (κ2) is 4.73. The molecule has 18 heavy (non-hydrogen) atoms. The number of carbonyl (C=O) groups is 1. The number of benzene rings is 1. The van der Waals surface area contributed by atoms with Crippen molar-refractivity contribution in [3.8, 4) is 0 Å². The largest absolute Gasteiger partial charge is 0.326 e. The number of hydrogen-bond donors (Lipinski definition) is 1. The second-order valence-electron chi connectivity index (χ2n) is 5.80. The monoisotopic (exact) mass is 246 g/mol. The minimum Gasteiger partial charge on any atom is -0.326 e. The molecule has 0 bridgehead atoms. The topological polar surface area (TPSA) is 32.3 Å². The third-order valence-corrected chi connectivity index (χ3v) is 3.98. The first-order chi connectivity index (χ1) is 8.40. The first kappa shape index (κ1) is 13.1. The van der Waals surface area contributed by atoms with Crippen LogP contribution in [0.3, 0.4) is 0 Å². The highest BCUT2D eigenvalue weighted by molar-refractivity contribution is 5.95. The zero-order chi connectivity index (χ0) is 13.3. The van der Waals surface area contributed by atoms with E-state index < -0.39 is 0 Å². The summed E-state index contributed by atoms with van der Waals surface area (Å²) >= 11 is 0. The highest BCUT2D eigenvalue weighted by atomic mass is 16.2. The zero-order valence-corrected chi connectivity index (χ0v) is 11.7. The lowest BCUT2D eigenvalue weighted by molar-refractivity contribution is -0.124. The lowest BCUT2D eigenvalue weighted by Gasteiger charge is -2.22. The Morgan fingerprint density at radius 3 is 2.61 bits per heavy atom. The number of rotatable bonds is 2. The van der Waals surface area contributed by atoms with Crippen LogP contribution >= 0.6 is 0 Å². The third-order valence-electron chi connectivity index (χ3n) is 3.98. The standard InChI is InChI=1S/C15H22N2O/c1-11-5-6-13(9-12(11)2)16-14(18)15(3)7-8-17(4)10-15/h5-6,9H,7-8,10H2,1-4H3,(H,16,18). The smallest absolute Gasteiger partial charge is 0.231 e. The summed E-state index contributed by atoms with van der Waals surface area (Å²) in [4.78, 5) is 14.5. The van der Waals surface area contributed by atoms with Gasteiger partial charge in [-0.05, 0) is 64.0 Å². The number of hydrogen-bond acceptors (Lipinski definition) is 2. The summed E-state index contributed by atoms with van der Waals surface area (Å²) in [5.74, 6) is 0.134. The molecule has 1 aromatic rings. The van der Waals surface area contributed by atoms with Crippen molar-refractivity contribution < 1.29 is 4.79 Å². The highest BCUT2D eigenvalue weighted by Gasteiger charge is 2.38. The minimum atomic E-state index is -0.256. The van der Waals surface area contributed by atoms with Gasteiger partial charge in [0.05, 0.1) is 5.41 Å². The minimum absolute atomic E-state index is 0.134. The van der Waals surface area contributed by atoms with E-state index in [1.165, 1.54) is 11.1 Å². The van der Waals surface area contributed by atoms with Gasteiger partial charge in [-0.3, -0.25) is 4.79 Å². The van der Waals surface area contributed by atoms with Gasteiger partial charge in [-0.25, -0.2) is 0 Å². The van der Waals surface area contributed by atoms with Gasteiger partial charge in [0.1, 0.15) is 0 Å². The van der Waals surface area contributed by atoms with Crippen molar-refractivity contribution in [1.82, 2.24) is 4.90 Å². The van der Waals surface area contributed by atoms with Crippen molar-refractivity contribution >= 4 is 11.6 Å². The van der Waals surface area contributed by atoms with Gasteiger partial charge in [0, 0.05) is 12.2 Å². The molecule has 3 nitrogen and oxygen atoms in total. The molecule has 1 N–H and O–H groups in total. The Morgan fingerprint density at radius 2 is 2.06 bits per heavy atom. The summed E-state index contributed by atoms with van der Waals surface area (Å²) in [7, 11) is 2.06. The molecule has 1 saturated heterocycles. The second-order valence-corrected chi connectivity index (χ2v) is 5.80. The number of amides is 1. The van der Waals surface area contributed by atoms with Gasteiger partial charge in [0.2, 0.25) is 5.91 Å². The molecular weight excluding hydrogens is 224 g/mol. The molecule has 2 rings (SSSR count). The Labute approximate surface area is 109 Å². The summed E-state index contributed by atoms with van der Waals surface area (Å²) in [5, 5.41) is 3.05.